The Kier molecular flexibility index (Phi) is 4.75. The fourth-order valence-electron chi connectivity index (χ4n) is 2.15. The normalized spacial score (nSPS) is 12.1. The zero-order valence-electron chi connectivity index (χ0n) is 12.6. The van der Waals surface area contributed by atoms with Crippen molar-refractivity contribution in [2.75, 3.05) is 13.1 Å². The maximum absolute atomic E-state index is 12.9. The molecule has 2 aromatic rings. The second kappa shape index (κ2) is 6.37. The van der Waals surface area contributed by atoms with E-state index >= 15 is 0 Å². The predicted molar refractivity (Wildman–Crippen MR) is 79.1 cm³/mol. The van der Waals surface area contributed by atoms with Crippen molar-refractivity contribution in [2.24, 2.45) is 0 Å². The molecule has 0 saturated carbocycles. The van der Waals surface area contributed by atoms with Gasteiger partial charge in [0.1, 0.15) is 5.82 Å². The van der Waals surface area contributed by atoms with Gasteiger partial charge in [-0.15, -0.1) is 0 Å². The minimum Gasteiger partial charge on any atom is -0.439 e. The maximum Gasteiger partial charge on any atom is 0.209 e. The number of rotatable bonds is 6. The first-order chi connectivity index (χ1) is 9.87. The number of likely N-dealkylation sites (N-methyl/N-ethyl adjacent to an activating group) is 1. The van der Waals surface area contributed by atoms with Crippen LogP contribution in [0.2, 0.25) is 0 Å². The van der Waals surface area contributed by atoms with Crippen molar-refractivity contribution in [3.8, 4) is 11.3 Å². The molecule has 1 aromatic carbocycles. The van der Waals surface area contributed by atoms with E-state index in [9.17, 15) is 9.50 Å². The Morgan fingerprint density at radius 1 is 1.29 bits per heavy atom. The van der Waals surface area contributed by atoms with E-state index in [1.807, 2.05) is 6.92 Å². The predicted octanol–water partition coefficient (Wildman–Crippen LogP) is 3.07. The fourth-order valence-corrected chi connectivity index (χ4v) is 2.15. The lowest BCUT2D eigenvalue weighted by Crippen LogP contribution is -2.38. The smallest absolute Gasteiger partial charge is 0.209 e. The first-order valence-electron chi connectivity index (χ1n) is 7.03. The summed E-state index contributed by atoms with van der Waals surface area (Å²) in [7, 11) is 0. The summed E-state index contributed by atoms with van der Waals surface area (Å²) in [5, 5.41) is 9.88. The van der Waals surface area contributed by atoms with Gasteiger partial charge in [0.25, 0.3) is 0 Å². The van der Waals surface area contributed by atoms with Gasteiger partial charge in [-0.05, 0) is 44.7 Å². The zero-order chi connectivity index (χ0) is 15.5. The highest BCUT2D eigenvalue weighted by Gasteiger charge is 2.19. The minimum atomic E-state index is -0.762. The molecule has 21 heavy (non-hydrogen) atoms. The molecule has 5 heteroatoms. The van der Waals surface area contributed by atoms with Gasteiger partial charge < -0.3 is 9.52 Å². The lowest BCUT2D eigenvalue weighted by molar-refractivity contribution is 0.0329. The molecule has 0 aliphatic heterocycles. The van der Waals surface area contributed by atoms with Gasteiger partial charge in [0.05, 0.1) is 18.3 Å². The van der Waals surface area contributed by atoms with Gasteiger partial charge in [-0.1, -0.05) is 6.92 Å². The molecule has 0 atom stereocenters. The Hall–Kier alpha value is -1.72. The fraction of sp³-hybridized carbons (Fsp3) is 0.438. The van der Waals surface area contributed by atoms with Gasteiger partial charge in [-0.3, -0.25) is 4.90 Å². The molecule has 0 spiro atoms. The molecule has 0 amide bonds. The van der Waals surface area contributed by atoms with Crippen LogP contribution >= 0.6 is 0 Å². The van der Waals surface area contributed by atoms with E-state index in [0.717, 1.165) is 12.1 Å². The number of aliphatic hydroxyl groups is 1. The van der Waals surface area contributed by atoms with Gasteiger partial charge in [0, 0.05) is 12.1 Å². The topological polar surface area (TPSA) is 49.5 Å². The SMILES string of the molecule is CCN(Cc1ncc(-c2ccc(F)cc2)o1)CC(C)(C)O. The summed E-state index contributed by atoms with van der Waals surface area (Å²) < 4.78 is 18.6. The third-order valence-corrected chi connectivity index (χ3v) is 3.10. The van der Waals surface area contributed by atoms with Crippen LogP contribution in [0.15, 0.2) is 34.9 Å². The highest BCUT2D eigenvalue weighted by atomic mass is 19.1. The van der Waals surface area contributed by atoms with Crippen molar-refractivity contribution in [2.45, 2.75) is 32.9 Å². The molecular weight excluding hydrogens is 271 g/mol. The molecule has 0 bridgehead atoms. The second-order valence-electron chi connectivity index (χ2n) is 5.74. The molecule has 114 valence electrons. The summed E-state index contributed by atoms with van der Waals surface area (Å²) in [6, 6.07) is 6.11. The second-order valence-corrected chi connectivity index (χ2v) is 5.74. The van der Waals surface area contributed by atoms with E-state index < -0.39 is 5.60 Å². The van der Waals surface area contributed by atoms with Crippen molar-refractivity contribution in [3.05, 3.63) is 42.2 Å². The van der Waals surface area contributed by atoms with Crippen LogP contribution in [0.5, 0.6) is 0 Å². The summed E-state index contributed by atoms with van der Waals surface area (Å²) in [6.45, 7) is 7.43. The Bertz CT molecular complexity index is 573. The first-order valence-corrected chi connectivity index (χ1v) is 7.03. The average Bonchev–Trinajstić information content (AvgIpc) is 2.85. The number of benzene rings is 1. The quantitative estimate of drug-likeness (QED) is 0.889. The van der Waals surface area contributed by atoms with E-state index in [4.69, 9.17) is 4.42 Å². The van der Waals surface area contributed by atoms with Crippen LogP contribution in [0.3, 0.4) is 0 Å². The number of halogens is 1. The summed E-state index contributed by atoms with van der Waals surface area (Å²) in [5.41, 5.74) is 0.0308. The highest BCUT2D eigenvalue weighted by molar-refractivity contribution is 5.55. The molecule has 0 aliphatic rings. The summed E-state index contributed by atoms with van der Waals surface area (Å²) in [6.07, 6.45) is 1.64. The molecule has 4 nitrogen and oxygen atoms in total. The molecular formula is C16H21FN2O2. The van der Waals surface area contributed by atoms with Gasteiger partial charge in [0.15, 0.2) is 5.76 Å². The molecule has 0 fully saturated rings. The highest BCUT2D eigenvalue weighted by Crippen LogP contribution is 2.21. The molecule has 0 radical (unpaired) electrons. The first kappa shape index (κ1) is 15.7. The summed E-state index contributed by atoms with van der Waals surface area (Å²) in [4.78, 5) is 6.30. The van der Waals surface area contributed by atoms with Gasteiger partial charge in [-0.2, -0.15) is 0 Å². The van der Waals surface area contributed by atoms with E-state index in [2.05, 4.69) is 9.88 Å². The Morgan fingerprint density at radius 3 is 2.52 bits per heavy atom. The average molecular weight is 292 g/mol. The van der Waals surface area contributed by atoms with Crippen molar-refractivity contribution in [1.82, 2.24) is 9.88 Å². The zero-order valence-corrected chi connectivity index (χ0v) is 12.6. The molecule has 0 saturated heterocycles. The van der Waals surface area contributed by atoms with Crippen LogP contribution in [0.4, 0.5) is 4.39 Å². The Morgan fingerprint density at radius 2 is 1.95 bits per heavy atom. The Labute approximate surface area is 124 Å². The lowest BCUT2D eigenvalue weighted by Gasteiger charge is -2.26. The molecule has 1 heterocycles. The van der Waals surface area contributed by atoms with Crippen LogP contribution in [0, 0.1) is 5.82 Å². The molecule has 1 N–H and O–H groups in total. The standard InChI is InChI=1S/C16H21FN2O2/c1-4-19(11-16(2,3)20)10-15-18-9-14(21-15)12-5-7-13(17)8-6-12/h5-9,20H,4,10-11H2,1-3H3. The summed E-state index contributed by atoms with van der Waals surface area (Å²) >= 11 is 0. The minimum absolute atomic E-state index is 0.277. The van der Waals surface area contributed by atoms with Crippen LogP contribution < -0.4 is 0 Å². The number of nitrogens with zero attached hydrogens (tertiary/aromatic N) is 2. The molecule has 0 unspecified atom stereocenters. The monoisotopic (exact) mass is 292 g/mol. The van der Waals surface area contributed by atoms with Gasteiger partial charge >= 0.3 is 0 Å². The largest absolute Gasteiger partial charge is 0.439 e. The lowest BCUT2D eigenvalue weighted by atomic mass is 10.1. The van der Waals surface area contributed by atoms with Crippen LogP contribution in [-0.2, 0) is 6.54 Å². The maximum atomic E-state index is 12.9. The van der Waals surface area contributed by atoms with E-state index in [1.165, 1.54) is 12.1 Å². The third-order valence-electron chi connectivity index (χ3n) is 3.10. The van der Waals surface area contributed by atoms with Gasteiger partial charge in [0.2, 0.25) is 5.89 Å². The summed E-state index contributed by atoms with van der Waals surface area (Å²) in [5.74, 6) is 0.922. The molecule has 1 aromatic heterocycles. The van der Waals surface area contributed by atoms with Crippen molar-refractivity contribution in [1.29, 1.82) is 0 Å². The van der Waals surface area contributed by atoms with E-state index in [0.29, 0.717) is 24.7 Å². The number of oxazole rings is 1. The van der Waals surface area contributed by atoms with Crippen molar-refractivity contribution >= 4 is 0 Å². The van der Waals surface area contributed by atoms with Gasteiger partial charge in [-0.25, -0.2) is 9.37 Å². The van der Waals surface area contributed by atoms with Crippen molar-refractivity contribution < 1.29 is 13.9 Å². The Balaban J connectivity index is 2.07. The van der Waals surface area contributed by atoms with E-state index in [1.54, 1.807) is 32.2 Å². The van der Waals surface area contributed by atoms with Crippen molar-refractivity contribution in [3.63, 3.8) is 0 Å². The molecule has 2 rings (SSSR count). The van der Waals surface area contributed by atoms with Crippen LogP contribution in [-0.4, -0.2) is 33.7 Å². The number of hydrogen-bond acceptors (Lipinski definition) is 4. The van der Waals surface area contributed by atoms with Crippen LogP contribution in [0.1, 0.15) is 26.7 Å². The van der Waals surface area contributed by atoms with Crippen LogP contribution in [0.25, 0.3) is 11.3 Å². The number of hydrogen-bond donors (Lipinski definition) is 1. The third kappa shape index (κ3) is 4.65. The molecule has 0 aliphatic carbocycles. The van der Waals surface area contributed by atoms with E-state index in [-0.39, 0.29) is 5.82 Å². The number of aromatic nitrogens is 1.